The number of hydrogen-bond donors (Lipinski definition) is 1. The standard InChI is InChI=1S/C11H13F3O2/c1-7(2)16-9-5-3-4-8(6-9)10(15)11(12,13)14/h3-7,10,15H,1-2H3/t10-/m0/s1. The average Bonchev–Trinajstić information content (AvgIpc) is 2.14. The number of aliphatic hydroxyl groups excluding tert-OH is 1. The van der Waals surface area contributed by atoms with Crippen LogP contribution in [0.25, 0.3) is 0 Å². The number of alkyl halides is 3. The molecule has 0 aliphatic rings. The van der Waals surface area contributed by atoms with Crippen LogP contribution in [-0.2, 0) is 0 Å². The summed E-state index contributed by atoms with van der Waals surface area (Å²) >= 11 is 0. The Balaban J connectivity index is 2.90. The van der Waals surface area contributed by atoms with Crippen molar-refractivity contribution in [2.45, 2.75) is 32.2 Å². The number of rotatable bonds is 3. The van der Waals surface area contributed by atoms with Crippen LogP contribution in [-0.4, -0.2) is 17.4 Å². The van der Waals surface area contributed by atoms with Gasteiger partial charge in [0, 0.05) is 0 Å². The van der Waals surface area contributed by atoms with Crippen molar-refractivity contribution in [3.63, 3.8) is 0 Å². The first kappa shape index (κ1) is 12.8. The molecule has 0 aromatic heterocycles. The van der Waals surface area contributed by atoms with Gasteiger partial charge in [-0.15, -0.1) is 0 Å². The first-order valence-electron chi connectivity index (χ1n) is 4.82. The Morgan fingerprint density at radius 2 is 1.88 bits per heavy atom. The van der Waals surface area contributed by atoms with Crippen molar-refractivity contribution in [1.29, 1.82) is 0 Å². The van der Waals surface area contributed by atoms with Crippen LogP contribution in [0.4, 0.5) is 13.2 Å². The van der Waals surface area contributed by atoms with Gasteiger partial charge < -0.3 is 9.84 Å². The predicted molar refractivity (Wildman–Crippen MR) is 53.2 cm³/mol. The molecular formula is C11H13F3O2. The molecule has 0 amide bonds. The number of aliphatic hydroxyl groups is 1. The topological polar surface area (TPSA) is 29.5 Å². The molecule has 2 nitrogen and oxygen atoms in total. The summed E-state index contributed by atoms with van der Waals surface area (Å²) in [4.78, 5) is 0. The second-order valence-electron chi connectivity index (χ2n) is 3.68. The van der Waals surface area contributed by atoms with E-state index in [1.165, 1.54) is 18.2 Å². The molecule has 1 rings (SSSR count). The monoisotopic (exact) mass is 234 g/mol. The van der Waals surface area contributed by atoms with Gasteiger partial charge in [0.1, 0.15) is 5.75 Å². The first-order valence-corrected chi connectivity index (χ1v) is 4.82. The van der Waals surface area contributed by atoms with Crippen LogP contribution in [0.1, 0.15) is 25.5 Å². The lowest BCUT2D eigenvalue weighted by Gasteiger charge is -2.16. The average molecular weight is 234 g/mol. The van der Waals surface area contributed by atoms with Gasteiger partial charge in [0.25, 0.3) is 0 Å². The van der Waals surface area contributed by atoms with Crippen molar-refractivity contribution in [3.8, 4) is 5.75 Å². The predicted octanol–water partition coefficient (Wildman–Crippen LogP) is 3.07. The first-order chi connectivity index (χ1) is 7.30. The number of benzene rings is 1. The molecule has 1 aromatic carbocycles. The summed E-state index contributed by atoms with van der Waals surface area (Å²) in [5, 5.41) is 9.04. The van der Waals surface area contributed by atoms with Crippen molar-refractivity contribution in [1.82, 2.24) is 0 Å². The van der Waals surface area contributed by atoms with E-state index in [9.17, 15) is 13.2 Å². The minimum Gasteiger partial charge on any atom is -0.491 e. The zero-order chi connectivity index (χ0) is 12.3. The zero-order valence-corrected chi connectivity index (χ0v) is 8.95. The summed E-state index contributed by atoms with van der Waals surface area (Å²) in [7, 11) is 0. The highest BCUT2D eigenvalue weighted by Gasteiger charge is 2.39. The molecule has 0 saturated carbocycles. The van der Waals surface area contributed by atoms with Crippen molar-refractivity contribution in [2.75, 3.05) is 0 Å². The van der Waals surface area contributed by atoms with E-state index in [0.717, 1.165) is 0 Å². The third kappa shape index (κ3) is 3.41. The molecule has 90 valence electrons. The van der Waals surface area contributed by atoms with E-state index in [-0.39, 0.29) is 11.7 Å². The third-order valence-electron chi connectivity index (χ3n) is 1.86. The van der Waals surface area contributed by atoms with E-state index in [1.807, 2.05) is 0 Å². The molecule has 16 heavy (non-hydrogen) atoms. The number of hydrogen-bond acceptors (Lipinski definition) is 2. The minimum absolute atomic E-state index is 0.127. The summed E-state index contributed by atoms with van der Waals surface area (Å²) in [6.45, 7) is 3.54. The fourth-order valence-electron chi connectivity index (χ4n) is 1.22. The molecule has 5 heteroatoms. The van der Waals surface area contributed by atoms with Crippen molar-refractivity contribution in [2.24, 2.45) is 0 Å². The Morgan fingerprint density at radius 1 is 1.25 bits per heavy atom. The van der Waals surface area contributed by atoms with Gasteiger partial charge in [0.05, 0.1) is 6.10 Å². The summed E-state index contributed by atoms with van der Waals surface area (Å²) in [6, 6.07) is 5.37. The maximum absolute atomic E-state index is 12.2. The van der Waals surface area contributed by atoms with Crippen LogP contribution in [0.2, 0.25) is 0 Å². The fraction of sp³-hybridized carbons (Fsp3) is 0.455. The highest BCUT2D eigenvalue weighted by molar-refractivity contribution is 5.30. The highest BCUT2D eigenvalue weighted by Crippen LogP contribution is 2.33. The van der Waals surface area contributed by atoms with Crippen molar-refractivity contribution < 1.29 is 23.0 Å². The second-order valence-corrected chi connectivity index (χ2v) is 3.68. The van der Waals surface area contributed by atoms with E-state index >= 15 is 0 Å². The van der Waals surface area contributed by atoms with Gasteiger partial charge in [-0.05, 0) is 31.5 Å². The molecule has 0 aliphatic carbocycles. The molecule has 0 fully saturated rings. The Hall–Kier alpha value is -1.23. The maximum atomic E-state index is 12.2. The van der Waals surface area contributed by atoms with Crippen LogP contribution in [0.3, 0.4) is 0 Å². The summed E-state index contributed by atoms with van der Waals surface area (Å²) < 4.78 is 42.0. The lowest BCUT2D eigenvalue weighted by molar-refractivity contribution is -0.206. The molecule has 1 N–H and O–H groups in total. The highest BCUT2D eigenvalue weighted by atomic mass is 19.4. The quantitative estimate of drug-likeness (QED) is 0.870. The Kier molecular flexibility index (Phi) is 3.80. The molecule has 0 heterocycles. The van der Waals surface area contributed by atoms with Gasteiger partial charge >= 0.3 is 6.18 Å². The number of halogens is 3. The Bertz CT molecular complexity index is 347. The zero-order valence-electron chi connectivity index (χ0n) is 8.95. The number of ether oxygens (including phenoxy) is 1. The van der Waals surface area contributed by atoms with E-state index < -0.39 is 12.3 Å². The molecule has 0 bridgehead atoms. The smallest absolute Gasteiger partial charge is 0.418 e. The van der Waals surface area contributed by atoms with Gasteiger partial charge in [-0.1, -0.05) is 12.1 Å². The van der Waals surface area contributed by atoms with E-state index in [1.54, 1.807) is 19.9 Å². The van der Waals surface area contributed by atoms with Crippen molar-refractivity contribution in [3.05, 3.63) is 29.8 Å². The van der Waals surface area contributed by atoms with Gasteiger partial charge in [-0.3, -0.25) is 0 Å². The third-order valence-corrected chi connectivity index (χ3v) is 1.86. The largest absolute Gasteiger partial charge is 0.491 e. The molecule has 1 aromatic rings. The Labute approximate surface area is 91.7 Å². The molecular weight excluding hydrogens is 221 g/mol. The second kappa shape index (κ2) is 4.74. The molecule has 0 radical (unpaired) electrons. The summed E-state index contributed by atoms with van der Waals surface area (Å²) in [5.41, 5.74) is -0.217. The lowest BCUT2D eigenvalue weighted by atomic mass is 10.1. The molecule has 1 atom stereocenters. The van der Waals surface area contributed by atoms with E-state index in [4.69, 9.17) is 9.84 Å². The lowest BCUT2D eigenvalue weighted by Crippen LogP contribution is -2.20. The van der Waals surface area contributed by atoms with Gasteiger partial charge in [-0.25, -0.2) is 0 Å². The Morgan fingerprint density at radius 3 is 2.38 bits per heavy atom. The van der Waals surface area contributed by atoms with Crippen LogP contribution in [0.5, 0.6) is 5.75 Å². The molecule has 0 spiro atoms. The maximum Gasteiger partial charge on any atom is 0.418 e. The van der Waals surface area contributed by atoms with Crippen molar-refractivity contribution >= 4 is 0 Å². The summed E-state index contributed by atoms with van der Waals surface area (Å²) in [6.07, 6.45) is -7.25. The fourth-order valence-corrected chi connectivity index (χ4v) is 1.22. The van der Waals surface area contributed by atoms with Crippen LogP contribution < -0.4 is 4.74 Å². The van der Waals surface area contributed by atoms with Crippen LogP contribution >= 0.6 is 0 Å². The van der Waals surface area contributed by atoms with Gasteiger partial charge in [0.15, 0.2) is 6.10 Å². The molecule has 0 saturated heterocycles. The molecule has 0 aliphatic heterocycles. The normalized spacial score (nSPS) is 13.9. The van der Waals surface area contributed by atoms with Crippen LogP contribution in [0.15, 0.2) is 24.3 Å². The van der Waals surface area contributed by atoms with Gasteiger partial charge in [-0.2, -0.15) is 13.2 Å². The summed E-state index contributed by atoms with van der Waals surface area (Å²) in [5.74, 6) is 0.316. The minimum atomic E-state index is -4.66. The van der Waals surface area contributed by atoms with E-state index in [0.29, 0.717) is 5.75 Å². The molecule has 0 unspecified atom stereocenters. The SMILES string of the molecule is CC(C)Oc1cccc([C@H](O)C(F)(F)F)c1. The van der Waals surface area contributed by atoms with Gasteiger partial charge in [0.2, 0.25) is 0 Å². The van der Waals surface area contributed by atoms with Crippen LogP contribution in [0, 0.1) is 0 Å². The van der Waals surface area contributed by atoms with E-state index in [2.05, 4.69) is 0 Å².